The molecule has 5 heteroatoms. The molecular weight excluding hydrogens is 305 g/mol. The van der Waals surface area contributed by atoms with E-state index in [0.717, 1.165) is 12.2 Å². The Morgan fingerprint density at radius 1 is 1.25 bits per heavy atom. The Morgan fingerprint density at radius 3 is 2.46 bits per heavy atom. The number of anilines is 2. The predicted octanol–water partition coefficient (Wildman–Crippen LogP) is 4.18. The van der Waals surface area contributed by atoms with Crippen LogP contribution in [-0.2, 0) is 0 Å². The summed E-state index contributed by atoms with van der Waals surface area (Å²) in [6.45, 7) is 7.20. The molecule has 4 nitrogen and oxygen atoms in total. The van der Waals surface area contributed by atoms with Gasteiger partial charge in [0.25, 0.3) is 5.91 Å². The van der Waals surface area contributed by atoms with E-state index in [1.807, 2.05) is 12.1 Å². The van der Waals surface area contributed by atoms with Gasteiger partial charge in [-0.15, -0.1) is 0 Å². The van der Waals surface area contributed by atoms with E-state index < -0.39 is 5.82 Å². The second kappa shape index (κ2) is 7.60. The van der Waals surface area contributed by atoms with Gasteiger partial charge in [-0.3, -0.25) is 4.79 Å². The number of benzene rings is 2. The quantitative estimate of drug-likeness (QED) is 0.897. The second-order valence-electron chi connectivity index (χ2n) is 5.69. The smallest absolute Gasteiger partial charge is 0.255 e. The second-order valence-corrected chi connectivity index (χ2v) is 5.69. The van der Waals surface area contributed by atoms with Crippen LogP contribution in [0.15, 0.2) is 42.5 Å². The van der Waals surface area contributed by atoms with Crippen molar-refractivity contribution >= 4 is 17.3 Å². The predicted molar refractivity (Wildman–Crippen MR) is 93.7 cm³/mol. The summed E-state index contributed by atoms with van der Waals surface area (Å²) < 4.78 is 13.3. The zero-order valence-corrected chi connectivity index (χ0v) is 14.0. The molecule has 0 unspecified atom stereocenters. The number of carbonyl (C=O) groups excluding carboxylic acids is 1. The van der Waals surface area contributed by atoms with Crippen LogP contribution < -0.4 is 10.2 Å². The fraction of sp³-hybridized carbons (Fsp3) is 0.263. The molecular formula is C19H20FN3O. The van der Waals surface area contributed by atoms with Crippen LogP contribution in [0.5, 0.6) is 0 Å². The van der Waals surface area contributed by atoms with Gasteiger partial charge in [0.05, 0.1) is 5.56 Å². The van der Waals surface area contributed by atoms with Crippen molar-refractivity contribution in [3.63, 3.8) is 0 Å². The lowest BCUT2D eigenvalue weighted by molar-refractivity contribution is 0.102. The van der Waals surface area contributed by atoms with Crippen molar-refractivity contribution in [3.8, 4) is 6.07 Å². The van der Waals surface area contributed by atoms with Gasteiger partial charge in [-0.2, -0.15) is 5.26 Å². The summed E-state index contributed by atoms with van der Waals surface area (Å²) in [6.07, 6.45) is 0. The maximum Gasteiger partial charge on any atom is 0.255 e. The van der Waals surface area contributed by atoms with Crippen LogP contribution in [0.3, 0.4) is 0 Å². The number of hydrogen-bond acceptors (Lipinski definition) is 3. The van der Waals surface area contributed by atoms with Crippen LogP contribution in [0.1, 0.15) is 36.7 Å². The van der Waals surface area contributed by atoms with Crippen LogP contribution in [0.2, 0.25) is 0 Å². The van der Waals surface area contributed by atoms with E-state index in [2.05, 4.69) is 31.0 Å². The highest BCUT2D eigenvalue weighted by molar-refractivity contribution is 6.04. The summed E-state index contributed by atoms with van der Waals surface area (Å²) in [5.74, 6) is -0.905. The average molecular weight is 325 g/mol. The number of nitrogens with zero attached hydrogens (tertiary/aromatic N) is 2. The van der Waals surface area contributed by atoms with Crippen molar-refractivity contribution in [1.82, 2.24) is 0 Å². The Labute approximate surface area is 141 Å². The first-order valence-electron chi connectivity index (χ1n) is 7.84. The minimum absolute atomic E-state index is 0.0985. The summed E-state index contributed by atoms with van der Waals surface area (Å²) in [5, 5.41) is 11.5. The molecule has 0 aliphatic carbocycles. The lowest BCUT2D eigenvalue weighted by Gasteiger charge is -2.27. The van der Waals surface area contributed by atoms with Gasteiger partial charge in [0.2, 0.25) is 0 Å². The van der Waals surface area contributed by atoms with Crippen molar-refractivity contribution < 1.29 is 9.18 Å². The molecule has 2 aromatic rings. The highest BCUT2D eigenvalue weighted by Gasteiger charge is 2.11. The molecule has 0 atom stereocenters. The van der Waals surface area contributed by atoms with E-state index in [9.17, 15) is 9.18 Å². The van der Waals surface area contributed by atoms with Gasteiger partial charge < -0.3 is 10.2 Å². The van der Waals surface area contributed by atoms with E-state index in [-0.39, 0.29) is 11.5 Å². The molecule has 0 aromatic heterocycles. The fourth-order valence-corrected chi connectivity index (χ4v) is 2.54. The Kier molecular flexibility index (Phi) is 5.54. The first-order chi connectivity index (χ1) is 11.5. The van der Waals surface area contributed by atoms with Gasteiger partial charge in [0.15, 0.2) is 0 Å². The third kappa shape index (κ3) is 3.90. The van der Waals surface area contributed by atoms with Gasteiger partial charge in [-0.25, -0.2) is 4.39 Å². The topological polar surface area (TPSA) is 56.1 Å². The average Bonchev–Trinajstić information content (AvgIpc) is 2.57. The van der Waals surface area contributed by atoms with Crippen molar-refractivity contribution in [2.75, 3.05) is 16.8 Å². The zero-order valence-electron chi connectivity index (χ0n) is 14.0. The minimum Gasteiger partial charge on any atom is -0.369 e. The highest BCUT2D eigenvalue weighted by atomic mass is 19.1. The lowest BCUT2D eigenvalue weighted by Crippen LogP contribution is -2.30. The van der Waals surface area contributed by atoms with Crippen LogP contribution in [0.25, 0.3) is 0 Å². The molecule has 24 heavy (non-hydrogen) atoms. The van der Waals surface area contributed by atoms with Gasteiger partial charge in [0, 0.05) is 29.5 Å². The monoisotopic (exact) mass is 325 g/mol. The summed E-state index contributed by atoms with van der Waals surface area (Å²) in [4.78, 5) is 14.5. The Hall–Kier alpha value is -2.87. The Bertz CT molecular complexity index is 763. The number of nitriles is 1. The third-order valence-corrected chi connectivity index (χ3v) is 3.77. The maximum atomic E-state index is 13.3. The summed E-state index contributed by atoms with van der Waals surface area (Å²) in [6, 6.07) is 13.4. The van der Waals surface area contributed by atoms with E-state index in [1.54, 1.807) is 18.2 Å². The molecule has 0 saturated carbocycles. The molecule has 0 fully saturated rings. The van der Waals surface area contributed by atoms with E-state index in [4.69, 9.17) is 5.26 Å². The van der Waals surface area contributed by atoms with Crippen LogP contribution in [0, 0.1) is 17.1 Å². The van der Waals surface area contributed by atoms with Gasteiger partial charge in [-0.1, -0.05) is 0 Å². The number of halogens is 1. The third-order valence-electron chi connectivity index (χ3n) is 3.77. The number of rotatable bonds is 5. The largest absolute Gasteiger partial charge is 0.369 e. The molecule has 1 amide bonds. The number of carbonyl (C=O) groups is 1. The summed E-state index contributed by atoms with van der Waals surface area (Å²) in [7, 11) is 0. The number of nitrogens with one attached hydrogen (secondary N) is 1. The normalized spacial score (nSPS) is 10.3. The first-order valence-corrected chi connectivity index (χ1v) is 7.84. The maximum absolute atomic E-state index is 13.3. The standard InChI is InChI=1S/C19H20FN3O/c1-4-23(13(2)3)17-8-5-14(6-9-17)19(24)22-16-7-10-18(20)15(11-16)12-21/h5-11,13H,4H2,1-3H3,(H,22,24). The minimum atomic E-state index is -0.604. The van der Waals surface area contributed by atoms with Gasteiger partial charge >= 0.3 is 0 Å². The first kappa shape index (κ1) is 17.5. The molecule has 2 aromatic carbocycles. The van der Waals surface area contributed by atoms with E-state index in [0.29, 0.717) is 17.3 Å². The fourth-order valence-electron chi connectivity index (χ4n) is 2.54. The van der Waals surface area contributed by atoms with E-state index >= 15 is 0 Å². The molecule has 0 bridgehead atoms. The van der Waals surface area contributed by atoms with E-state index in [1.165, 1.54) is 18.2 Å². The molecule has 0 aliphatic rings. The molecule has 0 saturated heterocycles. The van der Waals surface area contributed by atoms with Gasteiger partial charge in [0.1, 0.15) is 11.9 Å². The van der Waals surface area contributed by atoms with Crippen molar-refractivity contribution in [3.05, 3.63) is 59.4 Å². The van der Waals surface area contributed by atoms with Crippen molar-refractivity contribution in [2.24, 2.45) is 0 Å². The van der Waals surface area contributed by atoms with Crippen LogP contribution in [0.4, 0.5) is 15.8 Å². The van der Waals surface area contributed by atoms with Crippen LogP contribution >= 0.6 is 0 Å². The molecule has 124 valence electrons. The van der Waals surface area contributed by atoms with Crippen molar-refractivity contribution in [1.29, 1.82) is 5.26 Å². The molecule has 0 heterocycles. The zero-order chi connectivity index (χ0) is 17.7. The molecule has 0 spiro atoms. The lowest BCUT2D eigenvalue weighted by atomic mass is 10.1. The SMILES string of the molecule is CCN(c1ccc(C(=O)Nc2ccc(F)c(C#N)c2)cc1)C(C)C. The highest BCUT2D eigenvalue weighted by Crippen LogP contribution is 2.19. The summed E-state index contributed by atoms with van der Waals surface area (Å²) in [5.41, 5.74) is 1.84. The number of hydrogen-bond donors (Lipinski definition) is 1. The Morgan fingerprint density at radius 2 is 1.92 bits per heavy atom. The molecule has 0 aliphatic heterocycles. The van der Waals surface area contributed by atoms with Crippen LogP contribution in [-0.4, -0.2) is 18.5 Å². The Balaban J connectivity index is 2.15. The molecule has 0 radical (unpaired) electrons. The molecule has 2 rings (SSSR count). The number of amides is 1. The van der Waals surface area contributed by atoms with Gasteiger partial charge in [-0.05, 0) is 63.2 Å². The molecule has 1 N–H and O–H groups in total. The van der Waals surface area contributed by atoms with Crippen molar-refractivity contribution in [2.45, 2.75) is 26.8 Å². The summed E-state index contributed by atoms with van der Waals surface area (Å²) >= 11 is 0.